The fourth-order valence-electron chi connectivity index (χ4n) is 2.74. The highest BCUT2D eigenvalue weighted by Crippen LogP contribution is 2.33. The maximum Gasteiger partial charge on any atom is 0.224 e. The van der Waals surface area contributed by atoms with E-state index < -0.39 is 73.9 Å². The van der Waals surface area contributed by atoms with E-state index in [1.54, 1.807) is 0 Å². The molecule has 0 aromatic carbocycles. The third kappa shape index (κ3) is 3.10. The second-order valence-electron chi connectivity index (χ2n) is 5.80. The quantitative estimate of drug-likeness (QED) is 0.236. The minimum atomic E-state index is -2.81. The summed E-state index contributed by atoms with van der Waals surface area (Å²) < 4.78 is 9.87. The number of aliphatic hydroxyl groups is 9. The summed E-state index contributed by atoms with van der Waals surface area (Å²) in [7, 11) is 0. The first kappa shape index (κ1) is 18.9. The first-order chi connectivity index (χ1) is 10.6. The lowest BCUT2D eigenvalue weighted by atomic mass is 9.85. The second kappa shape index (κ2) is 6.82. The van der Waals surface area contributed by atoms with E-state index in [9.17, 15) is 40.9 Å². The summed E-state index contributed by atoms with van der Waals surface area (Å²) in [6, 6.07) is 0. The van der Waals surface area contributed by atoms with E-state index in [2.05, 4.69) is 0 Å². The number of rotatable bonds is 3. The van der Waals surface area contributed by atoms with Gasteiger partial charge in [0.05, 0.1) is 13.2 Å². The third-order valence-corrected chi connectivity index (χ3v) is 4.29. The van der Waals surface area contributed by atoms with Gasteiger partial charge in [0.2, 0.25) is 5.79 Å². The standard InChI is InChI=1S/C12H22O11/c13-1-4-6(16)7(17)8(18)9(23-4)11(20)12(21)10(19)5(15)3(14)2-22-12/h3-11,13-21H,1-2H2/t3-,4-,5+,6-,7+,8-,9?,10-,11?,12-/m1/s1. The van der Waals surface area contributed by atoms with Crippen molar-refractivity contribution in [2.24, 2.45) is 0 Å². The summed E-state index contributed by atoms with van der Waals surface area (Å²) in [6.45, 7) is -1.37. The molecule has 0 aromatic rings. The molecule has 0 aliphatic carbocycles. The molecule has 0 spiro atoms. The molecule has 2 saturated heterocycles. The Bertz CT molecular complexity index is 406. The summed E-state index contributed by atoms with van der Waals surface area (Å²) >= 11 is 0. The van der Waals surface area contributed by atoms with Crippen molar-refractivity contribution in [1.82, 2.24) is 0 Å². The summed E-state index contributed by atoms with van der Waals surface area (Å²) in [6.07, 6.45) is -16.1. The van der Waals surface area contributed by atoms with E-state index in [-0.39, 0.29) is 0 Å². The molecule has 2 aliphatic rings. The lowest BCUT2D eigenvalue weighted by Gasteiger charge is -2.49. The van der Waals surface area contributed by atoms with Crippen LogP contribution >= 0.6 is 0 Å². The Balaban J connectivity index is 2.22. The summed E-state index contributed by atoms with van der Waals surface area (Å²) in [5, 5.41) is 87.7. The molecule has 0 saturated carbocycles. The van der Waals surface area contributed by atoms with Gasteiger partial charge in [-0.15, -0.1) is 0 Å². The number of aliphatic hydroxyl groups excluding tert-OH is 8. The van der Waals surface area contributed by atoms with E-state index in [4.69, 9.17) is 14.6 Å². The van der Waals surface area contributed by atoms with E-state index in [1.807, 2.05) is 0 Å². The van der Waals surface area contributed by atoms with Gasteiger partial charge < -0.3 is 55.4 Å². The molecule has 2 heterocycles. The van der Waals surface area contributed by atoms with Crippen LogP contribution in [0, 0.1) is 0 Å². The highest BCUT2D eigenvalue weighted by atomic mass is 16.7. The molecule has 2 aliphatic heterocycles. The minimum absolute atomic E-state index is 0.622. The van der Waals surface area contributed by atoms with E-state index in [1.165, 1.54) is 0 Å². The van der Waals surface area contributed by atoms with Gasteiger partial charge in [0.1, 0.15) is 54.9 Å². The molecule has 10 atom stereocenters. The monoisotopic (exact) mass is 342 g/mol. The van der Waals surface area contributed by atoms with E-state index >= 15 is 0 Å². The van der Waals surface area contributed by atoms with Crippen LogP contribution in [0.25, 0.3) is 0 Å². The van der Waals surface area contributed by atoms with Crippen molar-refractivity contribution in [3.05, 3.63) is 0 Å². The minimum Gasteiger partial charge on any atom is -0.394 e. The van der Waals surface area contributed by atoms with E-state index in [0.29, 0.717) is 0 Å². The van der Waals surface area contributed by atoms with Crippen LogP contribution in [0.4, 0.5) is 0 Å². The van der Waals surface area contributed by atoms with Crippen LogP contribution in [0.5, 0.6) is 0 Å². The summed E-state index contributed by atoms with van der Waals surface area (Å²) in [5.41, 5.74) is 0. The Labute approximate surface area is 130 Å². The van der Waals surface area contributed by atoms with Crippen LogP contribution in [-0.2, 0) is 9.47 Å². The Morgan fingerprint density at radius 2 is 1.57 bits per heavy atom. The van der Waals surface area contributed by atoms with Crippen LogP contribution in [0.15, 0.2) is 0 Å². The summed E-state index contributed by atoms with van der Waals surface area (Å²) in [4.78, 5) is 0. The molecule has 9 N–H and O–H groups in total. The van der Waals surface area contributed by atoms with Crippen LogP contribution in [-0.4, -0.2) is 120 Å². The molecule has 2 unspecified atom stereocenters. The van der Waals surface area contributed by atoms with Gasteiger partial charge in [-0.3, -0.25) is 0 Å². The first-order valence-electron chi connectivity index (χ1n) is 7.04. The molecule has 0 amide bonds. The fourth-order valence-corrected chi connectivity index (χ4v) is 2.74. The molecule has 0 bridgehead atoms. The smallest absolute Gasteiger partial charge is 0.224 e. The number of hydrogen-bond donors (Lipinski definition) is 9. The Morgan fingerprint density at radius 3 is 2.13 bits per heavy atom. The molecule has 23 heavy (non-hydrogen) atoms. The van der Waals surface area contributed by atoms with Crippen molar-refractivity contribution < 1.29 is 55.4 Å². The molecule has 0 radical (unpaired) electrons. The molecule has 136 valence electrons. The second-order valence-corrected chi connectivity index (χ2v) is 5.80. The van der Waals surface area contributed by atoms with Crippen LogP contribution in [0.2, 0.25) is 0 Å². The normalized spacial score (nSPS) is 53.1. The molecule has 11 heteroatoms. The van der Waals surface area contributed by atoms with Crippen molar-refractivity contribution in [2.75, 3.05) is 13.2 Å². The van der Waals surface area contributed by atoms with Gasteiger partial charge in [-0.2, -0.15) is 0 Å². The maximum absolute atomic E-state index is 10.3. The molecule has 11 nitrogen and oxygen atoms in total. The van der Waals surface area contributed by atoms with Crippen molar-refractivity contribution in [2.45, 2.75) is 60.7 Å². The Hall–Kier alpha value is -0.440. The van der Waals surface area contributed by atoms with Crippen molar-refractivity contribution in [3.63, 3.8) is 0 Å². The highest BCUT2D eigenvalue weighted by molar-refractivity contribution is 5.03. The topological polar surface area (TPSA) is 201 Å². The zero-order valence-electron chi connectivity index (χ0n) is 12.0. The predicted octanol–water partition coefficient (Wildman–Crippen LogP) is -6.01. The van der Waals surface area contributed by atoms with Gasteiger partial charge in [-0.25, -0.2) is 0 Å². The van der Waals surface area contributed by atoms with Gasteiger partial charge in [-0.05, 0) is 0 Å². The first-order valence-corrected chi connectivity index (χ1v) is 7.04. The average Bonchev–Trinajstić information content (AvgIpc) is 2.54. The Morgan fingerprint density at radius 1 is 0.957 bits per heavy atom. The molecule has 2 fully saturated rings. The molecule has 2 rings (SSSR count). The van der Waals surface area contributed by atoms with Crippen molar-refractivity contribution in [1.29, 1.82) is 0 Å². The lowest BCUT2D eigenvalue weighted by molar-refractivity contribution is -0.375. The molecular weight excluding hydrogens is 320 g/mol. The maximum atomic E-state index is 10.3. The SMILES string of the molecule is OC[C@H]1OC(C(O)[C@]2(O)OC[C@@H](O)[C@H](O)[C@H]2O)[C@H](O)[C@@H](O)[C@@H]1O. The van der Waals surface area contributed by atoms with Gasteiger partial charge in [0, 0.05) is 0 Å². The third-order valence-electron chi connectivity index (χ3n) is 4.29. The lowest BCUT2D eigenvalue weighted by Crippen LogP contribution is -2.72. The van der Waals surface area contributed by atoms with Gasteiger partial charge in [-0.1, -0.05) is 0 Å². The van der Waals surface area contributed by atoms with Crippen LogP contribution < -0.4 is 0 Å². The zero-order valence-corrected chi connectivity index (χ0v) is 12.0. The van der Waals surface area contributed by atoms with E-state index in [0.717, 1.165) is 0 Å². The van der Waals surface area contributed by atoms with Crippen LogP contribution in [0.3, 0.4) is 0 Å². The highest BCUT2D eigenvalue weighted by Gasteiger charge is 2.59. The Kier molecular flexibility index (Phi) is 5.60. The van der Waals surface area contributed by atoms with Gasteiger partial charge in [0.15, 0.2) is 0 Å². The van der Waals surface area contributed by atoms with Crippen molar-refractivity contribution >= 4 is 0 Å². The molecule has 0 aromatic heterocycles. The number of hydrogen-bond acceptors (Lipinski definition) is 11. The largest absolute Gasteiger partial charge is 0.394 e. The average molecular weight is 342 g/mol. The van der Waals surface area contributed by atoms with Gasteiger partial charge >= 0.3 is 0 Å². The zero-order chi connectivity index (χ0) is 17.5. The predicted molar refractivity (Wildman–Crippen MR) is 68.7 cm³/mol. The fraction of sp³-hybridized carbons (Fsp3) is 1.00. The van der Waals surface area contributed by atoms with Gasteiger partial charge in [0.25, 0.3) is 0 Å². The van der Waals surface area contributed by atoms with Crippen molar-refractivity contribution in [3.8, 4) is 0 Å². The summed E-state index contributed by atoms with van der Waals surface area (Å²) in [5.74, 6) is -2.81. The number of ether oxygens (including phenoxy) is 2. The van der Waals surface area contributed by atoms with Crippen LogP contribution in [0.1, 0.15) is 0 Å². The molecular formula is C12H22O11.